The highest BCUT2D eigenvalue weighted by Gasteiger charge is 2.07. The molecule has 0 radical (unpaired) electrons. The summed E-state index contributed by atoms with van der Waals surface area (Å²) in [4.78, 5) is 2.20. The number of rotatable bonds is 3. The Morgan fingerprint density at radius 1 is 1.36 bits per heavy atom. The molecule has 0 fully saturated rings. The molecule has 0 saturated carbocycles. The number of aryl methyl sites for hydroxylation is 1. The molecule has 0 saturated heterocycles. The monoisotopic (exact) mass is 153 g/mol. The molecule has 0 N–H and O–H groups in total. The zero-order valence-electron chi connectivity index (χ0n) is 7.42. The lowest BCUT2D eigenvalue weighted by Gasteiger charge is -2.17. The van der Waals surface area contributed by atoms with Crippen molar-refractivity contribution < 1.29 is 4.42 Å². The first kappa shape index (κ1) is 8.18. The van der Waals surface area contributed by atoms with Crippen LogP contribution >= 0.6 is 0 Å². The molecule has 0 spiro atoms. The summed E-state index contributed by atoms with van der Waals surface area (Å²) in [5, 5.41) is 0. The van der Waals surface area contributed by atoms with E-state index in [0.29, 0.717) is 0 Å². The first-order chi connectivity index (χ1) is 5.29. The van der Waals surface area contributed by atoms with E-state index in [1.54, 1.807) is 6.26 Å². The third-order valence-corrected chi connectivity index (χ3v) is 1.89. The number of furan rings is 1. The molecule has 0 atom stereocenters. The minimum Gasteiger partial charge on any atom is -0.449 e. The quantitative estimate of drug-likeness (QED) is 0.663. The van der Waals surface area contributed by atoms with Crippen molar-refractivity contribution in [1.82, 2.24) is 0 Å². The molecule has 1 heterocycles. The van der Waals surface area contributed by atoms with Crippen molar-refractivity contribution in [3.8, 4) is 0 Å². The lowest BCUT2D eigenvalue weighted by atomic mass is 10.3. The standard InChI is InChI=1S/C9H15NO/c1-4-10(5-2)9-8(3)6-7-11-9/h6-7H,4-5H2,1-3H3. The highest BCUT2D eigenvalue weighted by Crippen LogP contribution is 2.19. The summed E-state index contributed by atoms with van der Waals surface area (Å²) < 4.78 is 5.33. The summed E-state index contributed by atoms with van der Waals surface area (Å²) in [6, 6.07) is 1.99. The Morgan fingerprint density at radius 3 is 2.36 bits per heavy atom. The molecular formula is C9H15NO. The molecule has 0 unspecified atom stereocenters. The van der Waals surface area contributed by atoms with Crippen LogP contribution in [0.15, 0.2) is 16.7 Å². The first-order valence-electron chi connectivity index (χ1n) is 4.08. The minimum atomic E-state index is 1.00. The van der Waals surface area contributed by atoms with Crippen molar-refractivity contribution in [3.63, 3.8) is 0 Å². The average molecular weight is 153 g/mol. The summed E-state index contributed by atoms with van der Waals surface area (Å²) in [6.45, 7) is 8.34. The minimum absolute atomic E-state index is 1.00. The Kier molecular flexibility index (Phi) is 2.58. The third-order valence-electron chi connectivity index (χ3n) is 1.89. The molecule has 62 valence electrons. The van der Waals surface area contributed by atoms with Gasteiger partial charge in [-0.05, 0) is 26.8 Å². The molecule has 0 aromatic carbocycles. The van der Waals surface area contributed by atoms with E-state index in [1.807, 2.05) is 6.07 Å². The van der Waals surface area contributed by atoms with Gasteiger partial charge in [0.15, 0.2) is 5.88 Å². The van der Waals surface area contributed by atoms with E-state index in [4.69, 9.17) is 4.42 Å². The van der Waals surface area contributed by atoms with Gasteiger partial charge >= 0.3 is 0 Å². The Hall–Kier alpha value is -0.920. The van der Waals surface area contributed by atoms with Crippen molar-refractivity contribution in [2.24, 2.45) is 0 Å². The van der Waals surface area contributed by atoms with E-state index in [9.17, 15) is 0 Å². The molecular weight excluding hydrogens is 138 g/mol. The summed E-state index contributed by atoms with van der Waals surface area (Å²) in [5.74, 6) is 1.01. The molecule has 0 amide bonds. The topological polar surface area (TPSA) is 16.4 Å². The third kappa shape index (κ3) is 1.56. The van der Waals surface area contributed by atoms with E-state index < -0.39 is 0 Å². The van der Waals surface area contributed by atoms with Gasteiger partial charge in [-0.1, -0.05) is 0 Å². The largest absolute Gasteiger partial charge is 0.449 e. The summed E-state index contributed by atoms with van der Waals surface area (Å²) in [6.07, 6.45) is 1.74. The van der Waals surface area contributed by atoms with Crippen LogP contribution in [0.1, 0.15) is 19.4 Å². The van der Waals surface area contributed by atoms with Crippen molar-refractivity contribution in [2.45, 2.75) is 20.8 Å². The van der Waals surface area contributed by atoms with Crippen LogP contribution in [0.3, 0.4) is 0 Å². The molecule has 1 aromatic heterocycles. The van der Waals surface area contributed by atoms with Gasteiger partial charge in [0.1, 0.15) is 0 Å². The fourth-order valence-electron chi connectivity index (χ4n) is 1.20. The number of nitrogens with zero attached hydrogens (tertiary/aromatic N) is 1. The van der Waals surface area contributed by atoms with Gasteiger partial charge in [-0.3, -0.25) is 0 Å². The molecule has 1 aromatic rings. The molecule has 2 heteroatoms. The number of hydrogen-bond acceptors (Lipinski definition) is 2. The Labute approximate surface area is 67.8 Å². The average Bonchev–Trinajstić information content (AvgIpc) is 2.40. The molecule has 0 aliphatic carbocycles. The Morgan fingerprint density at radius 2 is 2.00 bits per heavy atom. The van der Waals surface area contributed by atoms with Gasteiger partial charge in [-0.2, -0.15) is 0 Å². The second kappa shape index (κ2) is 3.46. The van der Waals surface area contributed by atoms with Gasteiger partial charge in [-0.25, -0.2) is 0 Å². The van der Waals surface area contributed by atoms with Crippen LogP contribution in [0.25, 0.3) is 0 Å². The van der Waals surface area contributed by atoms with E-state index >= 15 is 0 Å². The van der Waals surface area contributed by atoms with E-state index in [-0.39, 0.29) is 0 Å². The predicted octanol–water partition coefficient (Wildman–Crippen LogP) is 2.43. The number of anilines is 1. The van der Waals surface area contributed by atoms with Gasteiger partial charge in [0.05, 0.1) is 6.26 Å². The van der Waals surface area contributed by atoms with Gasteiger partial charge in [0.2, 0.25) is 0 Å². The Bertz CT molecular complexity index is 213. The Balaban J connectivity index is 2.81. The maximum atomic E-state index is 5.33. The van der Waals surface area contributed by atoms with Crippen molar-refractivity contribution in [2.75, 3.05) is 18.0 Å². The van der Waals surface area contributed by atoms with Gasteiger partial charge < -0.3 is 9.32 Å². The summed E-state index contributed by atoms with van der Waals surface area (Å²) in [5.41, 5.74) is 1.22. The predicted molar refractivity (Wildman–Crippen MR) is 47.0 cm³/mol. The lowest BCUT2D eigenvalue weighted by Crippen LogP contribution is -2.21. The highest BCUT2D eigenvalue weighted by molar-refractivity contribution is 5.42. The molecule has 0 aliphatic heterocycles. The van der Waals surface area contributed by atoms with Gasteiger partial charge in [0.25, 0.3) is 0 Å². The molecule has 0 bridgehead atoms. The van der Waals surface area contributed by atoms with E-state index in [2.05, 4.69) is 25.7 Å². The van der Waals surface area contributed by atoms with Crippen LogP contribution in [0.2, 0.25) is 0 Å². The van der Waals surface area contributed by atoms with E-state index in [0.717, 1.165) is 19.0 Å². The van der Waals surface area contributed by atoms with Crippen LogP contribution < -0.4 is 4.90 Å². The fraction of sp³-hybridized carbons (Fsp3) is 0.556. The zero-order chi connectivity index (χ0) is 8.27. The normalized spacial score (nSPS) is 10.1. The second-order valence-electron chi connectivity index (χ2n) is 2.58. The van der Waals surface area contributed by atoms with Crippen molar-refractivity contribution in [1.29, 1.82) is 0 Å². The smallest absolute Gasteiger partial charge is 0.198 e. The zero-order valence-corrected chi connectivity index (χ0v) is 7.42. The molecule has 1 rings (SSSR count). The lowest BCUT2D eigenvalue weighted by molar-refractivity contribution is 0.548. The van der Waals surface area contributed by atoms with Crippen LogP contribution in [-0.2, 0) is 0 Å². The van der Waals surface area contributed by atoms with Crippen LogP contribution in [0.4, 0.5) is 5.88 Å². The maximum absolute atomic E-state index is 5.33. The fourth-order valence-corrected chi connectivity index (χ4v) is 1.20. The highest BCUT2D eigenvalue weighted by atomic mass is 16.3. The maximum Gasteiger partial charge on any atom is 0.198 e. The van der Waals surface area contributed by atoms with Gasteiger partial charge in [0, 0.05) is 18.7 Å². The summed E-state index contributed by atoms with van der Waals surface area (Å²) >= 11 is 0. The second-order valence-corrected chi connectivity index (χ2v) is 2.58. The molecule has 0 aliphatic rings. The first-order valence-corrected chi connectivity index (χ1v) is 4.08. The van der Waals surface area contributed by atoms with Gasteiger partial charge in [-0.15, -0.1) is 0 Å². The SMILES string of the molecule is CCN(CC)c1occc1C. The van der Waals surface area contributed by atoms with E-state index in [1.165, 1.54) is 5.56 Å². The van der Waals surface area contributed by atoms with Crippen molar-refractivity contribution in [3.05, 3.63) is 17.9 Å². The van der Waals surface area contributed by atoms with Crippen LogP contribution in [0, 0.1) is 6.92 Å². The molecule has 2 nitrogen and oxygen atoms in total. The van der Waals surface area contributed by atoms with Crippen molar-refractivity contribution >= 4 is 5.88 Å². The van der Waals surface area contributed by atoms with Crippen LogP contribution in [-0.4, -0.2) is 13.1 Å². The molecule has 11 heavy (non-hydrogen) atoms. The van der Waals surface area contributed by atoms with Crippen LogP contribution in [0.5, 0.6) is 0 Å². The summed E-state index contributed by atoms with van der Waals surface area (Å²) in [7, 11) is 0. The number of hydrogen-bond donors (Lipinski definition) is 0.